The molecule has 0 spiro atoms. The van der Waals surface area contributed by atoms with E-state index in [1.54, 1.807) is 0 Å². The van der Waals surface area contributed by atoms with Crippen LogP contribution in [0.5, 0.6) is 0 Å². The number of rotatable bonds is 6. The fourth-order valence-electron chi connectivity index (χ4n) is 1.60. The number of nitrogens with zero attached hydrogens (tertiary/aromatic N) is 1. The van der Waals surface area contributed by atoms with Crippen molar-refractivity contribution >= 4 is 34.4 Å². The molecule has 120 valence electrons. The van der Waals surface area contributed by atoms with Crippen LogP contribution in [-0.4, -0.2) is 34.5 Å². The van der Waals surface area contributed by atoms with Gasteiger partial charge in [-0.25, -0.2) is 9.78 Å². The summed E-state index contributed by atoms with van der Waals surface area (Å²) >= 11 is 1.07. The molecule has 9 heteroatoms. The van der Waals surface area contributed by atoms with Crippen LogP contribution in [0.25, 0.3) is 0 Å². The summed E-state index contributed by atoms with van der Waals surface area (Å²) in [5.41, 5.74) is 1.00. The number of aliphatic carboxylic acids is 1. The molecular formula is C14H14N4O4S. The van der Waals surface area contributed by atoms with E-state index in [-0.39, 0.29) is 10.8 Å². The summed E-state index contributed by atoms with van der Waals surface area (Å²) in [7, 11) is 0. The first-order chi connectivity index (χ1) is 11.0. The van der Waals surface area contributed by atoms with Crippen molar-refractivity contribution in [2.75, 3.05) is 11.9 Å². The molecule has 4 N–H and O–H groups in total. The van der Waals surface area contributed by atoms with Gasteiger partial charge in [-0.2, -0.15) is 0 Å². The Bertz CT molecular complexity index is 702. The van der Waals surface area contributed by atoms with E-state index in [9.17, 15) is 14.4 Å². The number of urea groups is 1. The minimum Gasteiger partial charge on any atom is -0.480 e. The van der Waals surface area contributed by atoms with E-state index in [1.807, 2.05) is 30.3 Å². The van der Waals surface area contributed by atoms with Crippen molar-refractivity contribution in [1.29, 1.82) is 0 Å². The molecule has 0 atom stereocenters. The van der Waals surface area contributed by atoms with Crippen molar-refractivity contribution in [3.8, 4) is 0 Å². The minimum atomic E-state index is -1.15. The normalized spacial score (nSPS) is 9.91. The second kappa shape index (κ2) is 7.90. The highest BCUT2D eigenvalue weighted by molar-refractivity contribution is 7.14. The number of benzene rings is 1. The van der Waals surface area contributed by atoms with Crippen LogP contribution in [0.1, 0.15) is 16.1 Å². The lowest BCUT2D eigenvalue weighted by Crippen LogP contribution is -2.30. The molecule has 23 heavy (non-hydrogen) atoms. The Morgan fingerprint density at radius 2 is 1.87 bits per heavy atom. The van der Waals surface area contributed by atoms with Crippen molar-refractivity contribution < 1.29 is 19.5 Å². The topological polar surface area (TPSA) is 120 Å². The maximum atomic E-state index is 11.7. The molecular weight excluding hydrogens is 320 g/mol. The average Bonchev–Trinajstić information content (AvgIpc) is 3.00. The van der Waals surface area contributed by atoms with Crippen LogP contribution in [0, 0.1) is 0 Å². The predicted octanol–water partition coefficient (Wildman–Crippen LogP) is 1.28. The maximum Gasteiger partial charge on any atom is 0.322 e. The number of carbonyl (C=O) groups is 3. The van der Waals surface area contributed by atoms with Gasteiger partial charge in [0, 0.05) is 11.9 Å². The van der Waals surface area contributed by atoms with Gasteiger partial charge >= 0.3 is 12.0 Å². The number of thiazole rings is 1. The summed E-state index contributed by atoms with van der Waals surface area (Å²) in [4.78, 5) is 37.6. The SMILES string of the molecule is O=C(O)CNC(=O)c1csc(NC(=O)NCc2ccccc2)n1. The molecule has 0 fully saturated rings. The van der Waals surface area contributed by atoms with Gasteiger partial charge in [0.1, 0.15) is 12.2 Å². The number of anilines is 1. The predicted molar refractivity (Wildman–Crippen MR) is 84.4 cm³/mol. The summed E-state index contributed by atoms with van der Waals surface area (Å²) in [6.45, 7) is -0.124. The zero-order chi connectivity index (χ0) is 16.7. The zero-order valence-corrected chi connectivity index (χ0v) is 12.7. The Kier molecular flexibility index (Phi) is 5.64. The number of carbonyl (C=O) groups excluding carboxylic acids is 2. The first-order valence-electron chi connectivity index (χ1n) is 6.59. The lowest BCUT2D eigenvalue weighted by Gasteiger charge is -2.05. The molecule has 0 bridgehead atoms. The molecule has 3 amide bonds. The minimum absolute atomic E-state index is 0.0506. The van der Waals surface area contributed by atoms with E-state index < -0.39 is 24.5 Å². The van der Waals surface area contributed by atoms with Gasteiger partial charge < -0.3 is 15.7 Å². The molecule has 2 rings (SSSR count). The number of carboxylic acid groups (broad SMARTS) is 1. The third-order valence-corrected chi connectivity index (χ3v) is 3.41. The largest absolute Gasteiger partial charge is 0.480 e. The van der Waals surface area contributed by atoms with Gasteiger partial charge in [-0.1, -0.05) is 30.3 Å². The van der Waals surface area contributed by atoms with Crippen molar-refractivity contribution in [2.45, 2.75) is 6.54 Å². The number of amides is 3. The first-order valence-corrected chi connectivity index (χ1v) is 7.47. The van der Waals surface area contributed by atoms with E-state index in [1.165, 1.54) is 5.38 Å². The average molecular weight is 334 g/mol. The summed E-state index contributed by atoms with van der Waals surface area (Å²) in [6, 6.07) is 8.95. The van der Waals surface area contributed by atoms with Gasteiger partial charge in [0.15, 0.2) is 5.13 Å². The van der Waals surface area contributed by atoms with E-state index >= 15 is 0 Å². The molecule has 0 aliphatic rings. The first kappa shape index (κ1) is 16.4. The van der Waals surface area contributed by atoms with Crippen molar-refractivity contribution in [3.05, 3.63) is 47.0 Å². The lowest BCUT2D eigenvalue weighted by molar-refractivity contribution is -0.135. The Hall–Kier alpha value is -2.94. The Morgan fingerprint density at radius 3 is 2.57 bits per heavy atom. The van der Waals surface area contributed by atoms with E-state index in [0.717, 1.165) is 16.9 Å². The Morgan fingerprint density at radius 1 is 1.13 bits per heavy atom. The highest BCUT2D eigenvalue weighted by atomic mass is 32.1. The number of hydrogen-bond donors (Lipinski definition) is 4. The molecule has 0 aliphatic heterocycles. The number of nitrogens with one attached hydrogen (secondary N) is 3. The second-order valence-corrected chi connectivity index (χ2v) is 5.27. The summed E-state index contributed by atoms with van der Waals surface area (Å²) in [5, 5.41) is 17.5. The molecule has 0 saturated heterocycles. The molecule has 0 saturated carbocycles. The van der Waals surface area contributed by atoms with Gasteiger partial charge in [-0.3, -0.25) is 14.9 Å². The molecule has 1 heterocycles. The van der Waals surface area contributed by atoms with Crippen LogP contribution >= 0.6 is 11.3 Å². The fourth-order valence-corrected chi connectivity index (χ4v) is 2.29. The molecule has 1 aromatic carbocycles. The highest BCUT2D eigenvalue weighted by Crippen LogP contribution is 2.15. The molecule has 0 aliphatic carbocycles. The van der Waals surface area contributed by atoms with Crippen LogP contribution in [0.2, 0.25) is 0 Å². The molecule has 8 nitrogen and oxygen atoms in total. The second-order valence-electron chi connectivity index (χ2n) is 4.41. The van der Waals surface area contributed by atoms with E-state index in [4.69, 9.17) is 5.11 Å². The summed E-state index contributed by atoms with van der Waals surface area (Å²) in [5.74, 6) is -1.76. The monoisotopic (exact) mass is 334 g/mol. The van der Waals surface area contributed by atoms with E-state index in [0.29, 0.717) is 6.54 Å². The highest BCUT2D eigenvalue weighted by Gasteiger charge is 2.13. The van der Waals surface area contributed by atoms with Crippen LogP contribution in [-0.2, 0) is 11.3 Å². The number of carboxylic acids is 1. The zero-order valence-electron chi connectivity index (χ0n) is 11.9. The van der Waals surface area contributed by atoms with Gasteiger partial charge in [0.05, 0.1) is 0 Å². The van der Waals surface area contributed by atoms with Crippen LogP contribution < -0.4 is 16.0 Å². The molecule has 0 radical (unpaired) electrons. The Labute approximate surface area is 135 Å². The standard InChI is InChI=1S/C14H14N4O4S/c19-11(20)7-15-12(21)10-8-23-14(17-10)18-13(22)16-6-9-4-2-1-3-5-9/h1-5,8H,6-7H2,(H,15,21)(H,19,20)(H2,16,17,18,22). The van der Waals surface area contributed by atoms with Gasteiger partial charge in [0.25, 0.3) is 5.91 Å². The number of hydrogen-bond acceptors (Lipinski definition) is 5. The van der Waals surface area contributed by atoms with Gasteiger partial charge in [0.2, 0.25) is 0 Å². The Balaban J connectivity index is 1.82. The van der Waals surface area contributed by atoms with Crippen molar-refractivity contribution in [1.82, 2.24) is 15.6 Å². The van der Waals surface area contributed by atoms with Crippen LogP contribution in [0.4, 0.5) is 9.93 Å². The van der Waals surface area contributed by atoms with Gasteiger partial charge in [-0.05, 0) is 5.56 Å². The van der Waals surface area contributed by atoms with E-state index in [2.05, 4.69) is 20.9 Å². The lowest BCUT2D eigenvalue weighted by atomic mass is 10.2. The van der Waals surface area contributed by atoms with Gasteiger partial charge in [-0.15, -0.1) is 11.3 Å². The molecule has 1 aromatic heterocycles. The maximum absolute atomic E-state index is 11.7. The fraction of sp³-hybridized carbons (Fsp3) is 0.143. The van der Waals surface area contributed by atoms with Crippen LogP contribution in [0.15, 0.2) is 35.7 Å². The smallest absolute Gasteiger partial charge is 0.322 e. The van der Waals surface area contributed by atoms with Crippen molar-refractivity contribution in [2.24, 2.45) is 0 Å². The quantitative estimate of drug-likeness (QED) is 0.634. The third kappa shape index (κ3) is 5.40. The van der Waals surface area contributed by atoms with Crippen LogP contribution in [0.3, 0.4) is 0 Å². The molecule has 2 aromatic rings. The summed E-state index contributed by atoms with van der Waals surface area (Å²) < 4.78 is 0. The summed E-state index contributed by atoms with van der Waals surface area (Å²) in [6.07, 6.45) is 0. The van der Waals surface area contributed by atoms with Crippen molar-refractivity contribution in [3.63, 3.8) is 0 Å². The third-order valence-electron chi connectivity index (χ3n) is 2.65. The molecule has 0 unspecified atom stereocenters. The number of aromatic nitrogens is 1.